The van der Waals surface area contributed by atoms with Crippen molar-refractivity contribution in [2.45, 2.75) is 6.92 Å². The van der Waals surface area contributed by atoms with E-state index in [-0.39, 0.29) is 0 Å². The lowest BCUT2D eigenvalue weighted by Gasteiger charge is -2.01. The molecule has 0 saturated carbocycles. The highest BCUT2D eigenvalue weighted by atomic mass is 32.2. The van der Waals surface area contributed by atoms with Gasteiger partial charge in [0.15, 0.2) is 0 Å². The standard InChI is InChI=1S/C11H12O3S/c1-9-6-10(4-5-15(3,12)13)8-11(7-9)14-2/h6-8H,1-3H3. The predicted molar refractivity (Wildman–Crippen MR) is 59.5 cm³/mol. The molecule has 0 aliphatic carbocycles. The lowest BCUT2D eigenvalue weighted by Crippen LogP contribution is -1.90. The summed E-state index contributed by atoms with van der Waals surface area (Å²) >= 11 is 0. The van der Waals surface area contributed by atoms with Gasteiger partial charge in [-0.3, -0.25) is 0 Å². The first-order valence-corrected chi connectivity index (χ1v) is 6.18. The molecular formula is C11H12O3S. The minimum absolute atomic E-state index is 0.636. The summed E-state index contributed by atoms with van der Waals surface area (Å²) in [6, 6.07) is 5.36. The van der Waals surface area contributed by atoms with Crippen LogP contribution in [0.5, 0.6) is 5.75 Å². The van der Waals surface area contributed by atoms with Crippen LogP contribution in [0.4, 0.5) is 0 Å². The van der Waals surface area contributed by atoms with Gasteiger partial charge in [0.05, 0.1) is 13.4 Å². The van der Waals surface area contributed by atoms with Gasteiger partial charge in [-0.05, 0) is 36.6 Å². The van der Waals surface area contributed by atoms with Crippen molar-refractivity contribution in [1.29, 1.82) is 0 Å². The Morgan fingerprint density at radius 2 is 1.93 bits per heavy atom. The quantitative estimate of drug-likeness (QED) is 0.676. The molecule has 0 fully saturated rings. The molecule has 0 atom stereocenters. The van der Waals surface area contributed by atoms with E-state index in [4.69, 9.17) is 4.74 Å². The van der Waals surface area contributed by atoms with E-state index in [1.165, 1.54) is 0 Å². The van der Waals surface area contributed by atoms with Crippen LogP contribution < -0.4 is 4.74 Å². The average molecular weight is 224 g/mol. The molecule has 1 aromatic rings. The second-order valence-electron chi connectivity index (χ2n) is 3.24. The molecular weight excluding hydrogens is 212 g/mol. The number of methoxy groups -OCH3 is 1. The van der Waals surface area contributed by atoms with Crippen LogP contribution in [0.1, 0.15) is 11.1 Å². The summed E-state index contributed by atoms with van der Waals surface area (Å²) in [6.07, 6.45) is 1.08. The zero-order valence-corrected chi connectivity index (χ0v) is 9.68. The van der Waals surface area contributed by atoms with Crippen LogP contribution in [0.2, 0.25) is 0 Å². The smallest absolute Gasteiger partial charge is 0.214 e. The Kier molecular flexibility index (Phi) is 3.38. The normalized spacial score (nSPS) is 10.3. The van der Waals surface area contributed by atoms with Crippen LogP contribution in [0, 0.1) is 18.1 Å². The fourth-order valence-electron chi connectivity index (χ4n) is 1.09. The molecule has 15 heavy (non-hydrogen) atoms. The monoisotopic (exact) mass is 224 g/mol. The zero-order valence-electron chi connectivity index (χ0n) is 8.87. The maximum atomic E-state index is 10.8. The van der Waals surface area contributed by atoms with Crippen LogP contribution >= 0.6 is 0 Å². The third-order valence-electron chi connectivity index (χ3n) is 1.67. The molecule has 0 bridgehead atoms. The topological polar surface area (TPSA) is 43.4 Å². The second kappa shape index (κ2) is 4.37. The van der Waals surface area contributed by atoms with E-state index in [2.05, 4.69) is 11.2 Å². The number of hydrogen-bond acceptors (Lipinski definition) is 3. The third-order valence-corrected chi connectivity index (χ3v) is 2.14. The molecule has 0 aliphatic heterocycles. The lowest BCUT2D eigenvalue weighted by molar-refractivity contribution is 0.414. The summed E-state index contributed by atoms with van der Waals surface area (Å²) in [4.78, 5) is 0. The number of benzene rings is 1. The van der Waals surface area contributed by atoms with Crippen molar-refractivity contribution in [2.24, 2.45) is 0 Å². The summed E-state index contributed by atoms with van der Waals surface area (Å²) in [5, 5.41) is 2.18. The van der Waals surface area contributed by atoms with Gasteiger partial charge < -0.3 is 4.74 Å². The molecule has 3 nitrogen and oxygen atoms in total. The van der Waals surface area contributed by atoms with Gasteiger partial charge in [-0.1, -0.05) is 0 Å². The lowest BCUT2D eigenvalue weighted by atomic mass is 10.1. The molecule has 0 N–H and O–H groups in total. The highest BCUT2D eigenvalue weighted by Crippen LogP contribution is 2.15. The number of sulfone groups is 1. The first kappa shape index (κ1) is 11.6. The SMILES string of the molecule is COc1cc(C)cc(C#CS(C)(=O)=O)c1. The van der Waals surface area contributed by atoms with Gasteiger partial charge in [-0.25, -0.2) is 8.42 Å². The van der Waals surface area contributed by atoms with E-state index < -0.39 is 9.84 Å². The number of ether oxygens (including phenoxy) is 1. The molecule has 0 saturated heterocycles. The molecule has 0 aromatic heterocycles. The van der Waals surface area contributed by atoms with Crippen molar-refractivity contribution in [3.63, 3.8) is 0 Å². The van der Waals surface area contributed by atoms with E-state index in [0.717, 1.165) is 11.8 Å². The van der Waals surface area contributed by atoms with Gasteiger partial charge >= 0.3 is 0 Å². The van der Waals surface area contributed by atoms with E-state index in [1.54, 1.807) is 19.2 Å². The molecule has 4 heteroatoms. The van der Waals surface area contributed by atoms with E-state index in [9.17, 15) is 8.42 Å². The Morgan fingerprint density at radius 3 is 2.47 bits per heavy atom. The Bertz CT molecular complexity index is 518. The highest BCUT2D eigenvalue weighted by Gasteiger charge is 1.97. The van der Waals surface area contributed by atoms with E-state index in [0.29, 0.717) is 11.3 Å². The van der Waals surface area contributed by atoms with Crippen molar-refractivity contribution in [3.05, 3.63) is 29.3 Å². The molecule has 80 valence electrons. The maximum Gasteiger partial charge on any atom is 0.214 e. The van der Waals surface area contributed by atoms with E-state index >= 15 is 0 Å². The van der Waals surface area contributed by atoms with Crippen LogP contribution in [0.15, 0.2) is 18.2 Å². The van der Waals surface area contributed by atoms with Gasteiger partial charge in [0.2, 0.25) is 9.84 Å². The largest absolute Gasteiger partial charge is 0.497 e. The number of rotatable bonds is 1. The summed E-state index contributed by atoms with van der Waals surface area (Å²) in [6.45, 7) is 1.90. The highest BCUT2D eigenvalue weighted by molar-refractivity contribution is 7.95. The van der Waals surface area contributed by atoms with Crippen molar-refractivity contribution in [2.75, 3.05) is 13.4 Å². The Morgan fingerprint density at radius 1 is 1.27 bits per heavy atom. The predicted octanol–water partition coefficient (Wildman–Crippen LogP) is 1.36. The van der Waals surface area contributed by atoms with Crippen LogP contribution in [-0.4, -0.2) is 21.8 Å². The average Bonchev–Trinajstić information content (AvgIpc) is 2.13. The summed E-state index contributed by atoms with van der Waals surface area (Å²) in [5.41, 5.74) is 1.62. The second-order valence-corrected chi connectivity index (χ2v) is 4.99. The molecule has 0 unspecified atom stereocenters. The maximum absolute atomic E-state index is 10.8. The summed E-state index contributed by atoms with van der Waals surface area (Å²) in [7, 11) is -1.70. The molecule has 0 heterocycles. The van der Waals surface area contributed by atoms with Gasteiger partial charge in [-0.15, -0.1) is 0 Å². The molecule has 1 rings (SSSR count). The zero-order chi connectivity index (χ0) is 11.5. The van der Waals surface area contributed by atoms with Gasteiger partial charge in [-0.2, -0.15) is 0 Å². The minimum atomic E-state index is -3.26. The van der Waals surface area contributed by atoms with Gasteiger partial charge in [0, 0.05) is 10.8 Å². The Balaban J connectivity index is 3.14. The minimum Gasteiger partial charge on any atom is -0.497 e. The van der Waals surface area contributed by atoms with Crippen LogP contribution in [0.25, 0.3) is 0 Å². The molecule has 0 aliphatic rings. The summed E-state index contributed by atoms with van der Waals surface area (Å²) in [5.74, 6) is 3.26. The first-order valence-electron chi connectivity index (χ1n) is 4.29. The fourth-order valence-corrected chi connectivity index (χ4v) is 1.39. The number of hydrogen-bond donors (Lipinski definition) is 0. The van der Waals surface area contributed by atoms with Gasteiger partial charge in [0.1, 0.15) is 5.75 Å². The van der Waals surface area contributed by atoms with Crippen molar-refractivity contribution >= 4 is 9.84 Å². The van der Waals surface area contributed by atoms with Gasteiger partial charge in [0.25, 0.3) is 0 Å². The molecule has 1 aromatic carbocycles. The van der Waals surface area contributed by atoms with Crippen LogP contribution in [0.3, 0.4) is 0 Å². The van der Waals surface area contributed by atoms with E-state index in [1.807, 2.05) is 13.0 Å². The third kappa shape index (κ3) is 4.05. The molecule has 0 spiro atoms. The molecule has 0 radical (unpaired) electrons. The Labute approximate surface area is 90.0 Å². The fraction of sp³-hybridized carbons (Fsp3) is 0.273. The van der Waals surface area contributed by atoms with Crippen molar-refractivity contribution < 1.29 is 13.2 Å². The first-order chi connectivity index (χ1) is 6.90. The molecule has 0 amide bonds. The van der Waals surface area contributed by atoms with Crippen LogP contribution in [-0.2, 0) is 9.84 Å². The Hall–Kier alpha value is -1.47. The summed E-state index contributed by atoms with van der Waals surface area (Å²) < 4.78 is 26.7. The van der Waals surface area contributed by atoms with Crippen molar-refractivity contribution in [1.82, 2.24) is 0 Å². The number of aryl methyl sites for hydroxylation is 1. The van der Waals surface area contributed by atoms with Crippen molar-refractivity contribution in [3.8, 4) is 16.9 Å².